The summed E-state index contributed by atoms with van der Waals surface area (Å²) in [6, 6.07) is 1.27. The Balaban J connectivity index is 2.91. The molecule has 0 fully saturated rings. The lowest BCUT2D eigenvalue weighted by molar-refractivity contribution is -0.141. The molecule has 3 nitrogen and oxygen atoms in total. The molecule has 6 heteroatoms. The minimum absolute atomic E-state index is 0.500. The average molecular weight is 178 g/mol. The molecule has 0 aliphatic heterocycles. The van der Waals surface area contributed by atoms with E-state index in [1.807, 2.05) is 0 Å². The molecular weight excluding hydrogens is 173 g/mol. The van der Waals surface area contributed by atoms with Crippen LogP contribution in [0.1, 0.15) is 0 Å². The van der Waals surface area contributed by atoms with E-state index < -0.39 is 18.4 Å². The highest BCUT2D eigenvalue weighted by Gasteiger charge is 2.28. The third-order valence-electron chi connectivity index (χ3n) is 1.13. The predicted octanol–water partition coefficient (Wildman–Crippen LogP) is 0.806. The van der Waals surface area contributed by atoms with Crippen molar-refractivity contribution in [2.24, 2.45) is 0 Å². The molecule has 0 atom stereocenters. The minimum atomic E-state index is -4.38. The van der Waals surface area contributed by atoms with Crippen molar-refractivity contribution in [1.82, 2.24) is 9.55 Å². The first-order valence-electron chi connectivity index (χ1n) is 3.07. The van der Waals surface area contributed by atoms with Gasteiger partial charge in [0.1, 0.15) is 6.54 Å². The molecule has 0 saturated carbocycles. The van der Waals surface area contributed by atoms with E-state index in [0.29, 0.717) is 4.57 Å². The van der Waals surface area contributed by atoms with Gasteiger partial charge in [-0.25, -0.2) is 9.78 Å². The van der Waals surface area contributed by atoms with Gasteiger partial charge in [0, 0.05) is 12.4 Å². The summed E-state index contributed by atoms with van der Waals surface area (Å²) >= 11 is 0. The van der Waals surface area contributed by atoms with Gasteiger partial charge in [-0.1, -0.05) is 0 Å². The van der Waals surface area contributed by atoms with E-state index in [0.717, 1.165) is 12.4 Å². The maximum atomic E-state index is 11.7. The molecule has 0 radical (unpaired) electrons. The summed E-state index contributed by atoms with van der Waals surface area (Å²) in [7, 11) is 0. The third kappa shape index (κ3) is 2.37. The van der Waals surface area contributed by atoms with Crippen LogP contribution in [0, 0.1) is 0 Å². The van der Waals surface area contributed by atoms with Gasteiger partial charge in [-0.2, -0.15) is 13.2 Å². The fourth-order valence-corrected chi connectivity index (χ4v) is 0.701. The van der Waals surface area contributed by atoms with Crippen molar-refractivity contribution in [3.8, 4) is 0 Å². The Kier molecular flexibility index (Phi) is 2.16. The monoisotopic (exact) mass is 178 g/mol. The van der Waals surface area contributed by atoms with Crippen molar-refractivity contribution in [3.05, 3.63) is 28.9 Å². The van der Waals surface area contributed by atoms with Gasteiger partial charge in [-0.05, 0) is 6.07 Å². The predicted molar refractivity (Wildman–Crippen MR) is 34.6 cm³/mol. The number of nitrogens with zero attached hydrogens (tertiary/aromatic N) is 2. The SMILES string of the molecule is O=c1ncccn1CC(F)(F)F. The van der Waals surface area contributed by atoms with Gasteiger partial charge in [-0.3, -0.25) is 4.57 Å². The highest BCUT2D eigenvalue weighted by molar-refractivity contribution is 4.81. The van der Waals surface area contributed by atoms with Gasteiger partial charge < -0.3 is 0 Å². The first-order valence-corrected chi connectivity index (χ1v) is 3.07. The van der Waals surface area contributed by atoms with E-state index in [9.17, 15) is 18.0 Å². The fourth-order valence-electron chi connectivity index (χ4n) is 0.701. The van der Waals surface area contributed by atoms with Crippen LogP contribution >= 0.6 is 0 Å². The normalized spacial score (nSPS) is 11.6. The van der Waals surface area contributed by atoms with Crippen LogP contribution in [0.3, 0.4) is 0 Å². The van der Waals surface area contributed by atoms with Crippen LogP contribution in [0.25, 0.3) is 0 Å². The van der Waals surface area contributed by atoms with Crippen LogP contribution in [0.2, 0.25) is 0 Å². The molecule has 0 N–H and O–H groups in total. The Labute approximate surface area is 65.5 Å². The topological polar surface area (TPSA) is 34.9 Å². The Morgan fingerprint density at radius 1 is 1.50 bits per heavy atom. The number of alkyl halides is 3. The second kappa shape index (κ2) is 2.96. The minimum Gasteiger partial charge on any atom is -0.290 e. The van der Waals surface area contributed by atoms with Crippen LogP contribution in [-0.4, -0.2) is 15.7 Å². The quantitative estimate of drug-likeness (QED) is 0.637. The van der Waals surface area contributed by atoms with Crippen LogP contribution in [0.4, 0.5) is 13.2 Å². The Bertz CT molecular complexity index is 317. The number of halogens is 3. The Hall–Kier alpha value is -1.33. The zero-order valence-electron chi connectivity index (χ0n) is 5.88. The lowest BCUT2D eigenvalue weighted by Gasteiger charge is -2.06. The van der Waals surface area contributed by atoms with E-state index >= 15 is 0 Å². The smallest absolute Gasteiger partial charge is 0.290 e. The van der Waals surface area contributed by atoms with Gasteiger partial charge in [0.05, 0.1) is 0 Å². The number of rotatable bonds is 1. The summed E-state index contributed by atoms with van der Waals surface area (Å²) in [6.07, 6.45) is -2.19. The maximum Gasteiger partial charge on any atom is 0.406 e. The van der Waals surface area contributed by atoms with Gasteiger partial charge in [0.15, 0.2) is 0 Å². The molecule has 1 heterocycles. The molecule has 0 aliphatic rings. The first kappa shape index (κ1) is 8.76. The second-order valence-corrected chi connectivity index (χ2v) is 2.15. The molecule has 0 bridgehead atoms. The summed E-state index contributed by atoms with van der Waals surface area (Å²) < 4.78 is 35.7. The van der Waals surface area contributed by atoms with Crippen LogP contribution < -0.4 is 5.69 Å². The van der Waals surface area contributed by atoms with Gasteiger partial charge in [-0.15, -0.1) is 0 Å². The molecule has 0 aliphatic carbocycles. The second-order valence-electron chi connectivity index (χ2n) is 2.15. The molecule has 1 aromatic rings. The zero-order chi connectivity index (χ0) is 9.19. The fraction of sp³-hybridized carbons (Fsp3) is 0.333. The highest BCUT2D eigenvalue weighted by Crippen LogP contribution is 2.15. The van der Waals surface area contributed by atoms with Crippen LogP contribution in [0.15, 0.2) is 23.3 Å². The molecule has 0 saturated heterocycles. The molecule has 0 aromatic carbocycles. The van der Waals surface area contributed by atoms with Crippen molar-refractivity contribution in [2.45, 2.75) is 12.7 Å². The Morgan fingerprint density at radius 3 is 2.67 bits per heavy atom. The summed E-state index contributed by atoms with van der Waals surface area (Å²) in [5, 5.41) is 0. The van der Waals surface area contributed by atoms with Gasteiger partial charge >= 0.3 is 11.9 Å². The van der Waals surface area contributed by atoms with E-state index in [4.69, 9.17) is 0 Å². The lowest BCUT2D eigenvalue weighted by Crippen LogP contribution is -2.28. The highest BCUT2D eigenvalue weighted by atomic mass is 19.4. The van der Waals surface area contributed by atoms with E-state index in [-0.39, 0.29) is 0 Å². The first-order chi connectivity index (χ1) is 5.49. The van der Waals surface area contributed by atoms with Crippen LogP contribution in [-0.2, 0) is 6.54 Å². The van der Waals surface area contributed by atoms with Crippen molar-refractivity contribution in [2.75, 3.05) is 0 Å². The molecule has 0 unspecified atom stereocenters. The van der Waals surface area contributed by atoms with Crippen LogP contribution in [0.5, 0.6) is 0 Å². The van der Waals surface area contributed by atoms with Crippen molar-refractivity contribution in [1.29, 1.82) is 0 Å². The molecule has 66 valence electrons. The van der Waals surface area contributed by atoms with Crippen molar-refractivity contribution >= 4 is 0 Å². The molecule has 0 amide bonds. The summed E-state index contributed by atoms with van der Waals surface area (Å²) in [6.45, 7) is -1.29. The number of hydrogen-bond acceptors (Lipinski definition) is 2. The molecule has 12 heavy (non-hydrogen) atoms. The number of aromatic nitrogens is 2. The summed E-state index contributed by atoms with van der Waals surface area (Å²) in [4.78, 5) is 13.8. The zero-order valence-corrected chi connectivity index (χ0v) is 5.88. The largest absolute Gasteiger partial charge is 0.406 e. The van der Waals surface area contributed by atoms with E-state index in [1.165, 1.54) is 6.07 Å². The van der Waals surface area contributed by atoms with Crippen molar-refractivity contribution in [3.63, 3.8) is 0 Å². The third-order valence-corrected chi connectivity index (χ3v) is 1.13. The van der Waals surface area contributed by atoms with E-state index in [2.05, 4.69) is 4.98 Å². The Morgan fingerprint density at radius 2 is 2.17 bits per heavy atom. The van der Waals surface area contributed by atoms with Gasteiger partial charge in [0.25, 0.3) is 0 Å². The molecule has 0 spiro atoms. The van der Waals surface area contributed by atoms with E-state index in [1.54, 1.807) is 0 Å². The summed E-state index contributed by atoms with van der Waals surface area (Å²) in [5.41, 5.74) is -0.894. The molecule has 1 aromatic heterocycles. The standard InChI is InChI=1S/C6H5F3N2O/c7-6(8,9)4-11-3-1-2-10-5(11)12/h1-3H,4H2. The lowest BCUT2D eigenvalue weighted by atomic mass is 10.5. The maximum absolute atomic E-state index is 11.7. The van der Waals surface area contributed by atoms with Crippen molar-refractivity contribution < 1.29 is 13.2 Å². The average Bonchev–Trinajstić information content (AvgIpc) is 1.91. The number of hydrogen-bond donors (Lipinski definition) is 0. The van der Waals surface area contributed by atoms with Gasteiger partial charge in [0.2, 0.25) is 0 Å². The summed E-state index contributed by atoms with van der Waals surface area (Å²) in [5.74, 6) is 0. The molecular formula is C6H5F3N2O. The molecule has 1 rings (SSSR count).